The van der Waals surface area contributed by atoms with Gasteiger partial charge in [0.15, 0.2) is 5.75 Å². The van der Waals surface area contributed by atoms with Crippen LogP contribution in [0.15, 0.2) is 45.5 Å². The molecular formula is C22H26Br2N2O. The molecule has 0 bridgehead atoms. The largest absolute Gasteiger partial charge is 0.455 e. The molecule has 0 aliphatic rings. The van der Waals surface area contributed by atoms with Crippen molar-refractivity contribution in [2.24, 2.45) is 0 Å². The number of aromatic amines is 1. The van der Waals surface area contributed by atoms with Gasteiger partial charge in [-0.2, -0.15) is 0 Å². The van der Waals surface area contributed by atoms with Gasteiger partial charge in [-0.3, -0.25) is 0 Å². The molecule has 2 aromatic carbocycles. The Morgan fingerprint density at radius 3 is 2.48 bits per heavy atom. The molecule has 1 heterocycles. The molecule has 27 heavy (non-hydrogen) atoms. The first-order valence-electron chi connectivity index (χ1n) is 9.63. The number of unbranched alkanes of at least 4 members (excludes halogenated alkanes) is 3. The quantitative estimate of drug-likeness (QED) is 0.296. The van der Waals surface area contributed by atoms with Crippen LogP contribution in [0.25, 0.3) is 10.9 Å². The van der Waals surface area contributed by atoms with Gasteiger partial charge < -0.3 is 15.0 Å². The van der Waals surface area contributed by atoms with Gasteiger partial charge in [0.05, 0.1) is 8.95 Å². The molecule has 3 rings (SSSR count). The van der Waals surface area contributed by atoms with Crippen LogP contribution in [-0.4, -0.2) is 11.5 Å². The van der Waals surface area contributed by atoms with Crippen molar-refractivity contribution in [3.8, 4) is 11.5 Å². The van der Waals surface area contributed by atoms with Crippen LogP contribution in [0.3, 0.4) is 0 Å². The zero-order chi connectivity index (χ0) is 19.2. The molecule has 0 amide bonds. The third-order valence-electron chi connectivity index (χ3n) is 4.64. The van der Waals surface area contributed by atoms with Gasteiger partial charge in [0, 0.05) is 29.3 Å². The number of hydrogen-bond donors (Lipinski definition) is 2. The molecule has 0 saturated heterocycles. The van der Waals surface area contributed by atoms with Crippen LogP contribution in [-0.2, 0) is 6.42 Å². The third kappa shape index (κ3) is 5.08. The summed E-state index contributed by atoms with van der Waals surface area (Å²) in [5.41, 5.74) is 3.58. The molecule has 0 fully saturated rings. The summed E-state index contributed by atoms with van der Waals surface area (Å²) in [5.74, 6) is 1.63. The summed E-state index contributed by atoms with van der Waals surface area (Å²) in [6, 6.07) is 10.3. The first-order chi connectivity index (χ1) is 13.1. The van der Waals surface area contributed by atoms with Gasteiger partial charge in [-0.25, -0.2) is 0 Å². The summed E-state index contributed by atoms with van der Waals surface area (Å²) in [6.45, 7) is 5.21. The number of aromatic nitrogens is 1. The van der Waals surface area contributed by atoms with E-state index in [1.165, 1.54) is 36.6 Å². The number of rotatable bonds is 9. The summed E-state index contributed by atoms with van der Waals surface area (Å²) >= 11 is 7.26. The number of hydrogen-bond acceptors (Lipinski definition) is 2. The van der Waals surface area contributed by atoms with Gasteiger partial charge in [-0.05, 0) is 87.5 Å². The second-order valence-electron chi connectivity index (χ2n) is 6.73. The van der Waals surface area contributed by atoms with Crippen molar-refractivity contribution in [2.45, 2.75) is 46.0 Å². The molecular weight excluding hydrogens is 468 g/mol. The normalized spacial score (nSPS) is 11.1. The number of H-pyrrole nitrogens is 1. The lowest BCUT2D eigenvalue weighted by molar-refractivity contribution is 0.477. The molecule has 0 saturated carbocycles. The minimum absolute atomic E-state index is 0.788. The fraction of sp³-hybridized carbons (Fsp3) is 0.364. The number of halogens is 2. The molecule has 0 spiro atoms. The second-order valence-corrected chi connectivity index (χ2v) is 8.44. The van der Waals surface area contributed by atoms with Crippen molar-refractivity contribution in [1.82, 2.24) is 4.98 Å². The Morgan fingerprint density at radius 1 is 1.00 bits per heavy atom. The van der Waals surface area contributed by atoms with E-state index in [4.69, 9.17) is 4.74 Å². The van der Waals surface area contributed by atoms with Gasteiger partial charge in [-0.15, -0.1) is 0 Å². The van der Waals surface area contributed by atoms with E-state index in [1.54, 1.807) is 0 Å². The van der Waals surface area contributed by atoms with E-state index in [9.17, 15) is 0 Å². The fourth-order valence-electron chi connectivity index (χ4n) is 3.25. The van der Waals surface area contributed by atoms with Crippen molar-refractivity contribution in [3.05, 3.63) is 51.0 Å². The number of fused-ring (bicyclic) bond motifs is 1. The number of benzene rings is 2. The third-order valence-corrected chi connectivity index (χ3v) is 5.82. The van der Waals surface area contributed by atoms with Crippen molar-refractivity contribution >= 4 is 48.5 Å². The van der Waals surface area contributed by atoms with Gasteiger partial charge >= 0.3 is 0 Å². The zero-order valence-corrected chi connectivity index (χ0v) is 19.0. The summed E-state index contributed by atoms with van der Waals surface area (Å²) in [4.78, 5) is 3.38. The zero-order valence-electron chi connectivity index (χ0n) is 15.9. The average molecular weight is 494 g/mol. The maximum atomic E-state index is 6.21. The number of ether oxygens (including phenoxy) is 1. The summed E-state index contributed by atoms with van der Waals surface area (Å²) in [7, 11) is 0. The second kappa shape index (κ2) is 9.65. The molecule has 0 radical (unpaired) electrons. The van der Waals surface area contributed by atoms with Gasteiger partial charge in [0.25, 0.3) is 0 Å². The highest BCUT2D eigenvalue weighted by molar-refractivity contribution is 9.11. The monoisotopic (exact) mass is 492 g/mol. The van der Waals surface area contributed by atoms with E-state index in [0.29, 0.717) is 0 Å². The molecule has 144 valence electrons. The van der Waals surface area contributed by atoms with E-state index in [0.717, 1.165) is 44.6 Å². The van der Waals surface area contributed by atoms with E-state index in [-0.39, 0.29) is 0 Å². The van der Waals surface area contributed by atoms with Crippen molar-refractivity contribution in [2.75, 3.05) is 11.9 Å². The first kappa shape index (κ1) is 20.3. The number of nitrogens with one attached hydrogen (secondary N) is 2. The van der Waals surface area contributed by atoms with E-state index in [1.807, 2.05) is 18.2 Å². The molecule has 0 unspecified atom stereocenters. The van der Waals surface area contributed by atoms with Crippen molar-refractivity contribution in [3.63, 3.8) is 0 Å². The maximum Gasteiger partial charge on any atom is 0.155 e. The minimum Gasteiger partial charge on any atom is -0.455 e. The average Bonchev–Trinajstić information content (AvgIpc) is 3.04. The topological polar surface area (TPSA) is 37.0 Å². The van der Waals surface area contributed by atoms with E-state index in [2.05, 4.69) is 74.3 Å². The van der Waals surface area contributed by atoms with Crippen LogP contribution in [0, 0.1) is 0 Å². The minimum atomic E-state index is 0.788. The Labute approximate surface area is 178 Å². The molecule has 0 atom stereocenters. The highest BCUT2D eigenvalue weighted by atomic mass is 79.9. The molecule has 1 aromatic heterocycles. The Bertz CT molecular complexity index is 881. The number of anilines is 1. The number of aryl methyl sites for hydroxylation is 1. The van der Waals surface area contributed by atoms with Crippen molar-refractivity contribution in [1.29, 1.82) is 0 Å². The van der Waals surface area contributed by atoms with Crippen LogP contribution >= 0.6 is 31.9 Å². The van der Waals surface area contributed by atoms with Crippen LogP contribution in [0.2, 0.25) is 0 Å². The van der Waals surface area contributed by atoms with Crippen LogP contribution in [0.5, 0.6) is 11.5 Å². The standard InChI is InChI=1S/C22H26Br2N2O/c1-3-5-6-7-8-15-14-26-21-10-9-17(13-18(15)21)27-22-19(23)11-16(25-4-2)12-20(22)24/h9-14,25-26H,3-8H2,1-2H3. The van der Waals surface area contributed by atoms with E-state index < -0.39 is 0 Å². The molecule has 3 aromatic rings. The highest BCUT2D eigenvalue weighted by Gasteiger charge is 2.12. The molecule has 2 N–H and O–H groups in total. The lowest BCUT2D eigenvalue weighted by Crippen LogP contribution is -1.97. The van der Waals surface area contributed by atoms with Crippen LogP contribution < -0.4 is 10.1 Å². The highest BCUT2D eigenvalue weighted by Crippen LogP contribution is 2.40. The fourth-order valence-corrected chi connectivity index (χ4v) is 4.60. The maximum absolute atomic E-state index is 6.21. The predicted octanol–water partition coefficient (Wildman–Crippen LogP) is 8.04. The van der Waals surface area contributed by atoms with Gasteiger partial charge in [-0.1, -0.05) is 26.2 Å². The van der Waals surface area contributed by atoms with Crippen LogP contribution in [0.1, 0.15) is 45.1 Å². The summed E-state index contributed by atoms with van der Waals surface area (Å²) < 4.78 is 8.05. The Hall–Kier alpha value is -1.46. The smallest absolute Gasteiger partial charge is 0.155 e. The van der Waals surface area contributed by atoms with Gasteiger partial charge in [0.1, 0.15) is 5.75 Å². The molecule has 5 heteroatoms. The van der Waals surface area contributed by atoms with Crippen molar-refractivity contribution < 1.29 is 4.74 Å². The summed E-state index contributed by atoms with van der Waals surface area (Å²) in [5, 5.41) is 4.57. The Morgan fingerprint density at radius 2 is 1.78 bits per heavy atom. The Balaban J connectivity index is 1.81. The molecule has 0 aliphatic carbocycles. The SMILES string of the molecule is CCCCCCc1c[nH]c2ccc(Oc3c(Br)cc(NCC)cc3Br)cc12. The molecule has 3 nitrogen and oxygen atoms in total. The van der Waals surface area contributed by atoms with E-state index >= 15 is 0 Å². The summed E-state index contributed by atoms with van der Waals surface area (Å²) in [6.07, 6.45) is 8.34. The lowest BCUT2D eigenvalue weighted by Gasteiger charge is -2.13. The van der Waals surface area contributed by atoms with Crippen LogP contribution in [0.4, 0.5) is 5.69 Å². The Kier molecular flexibility index (Phi) is 7.25. The molecule has 0 aliphatic heterocycles. The predicted molar refractivity (Wildman–Crippen MR) is 122 cm³/mol. The van der Waals surface area contributed by atoms with Gasteiger partial charge in [0.2, 0.25) is 0 Å². The lowest BCUT2D eigenvalue weighted by atomic mass is 10.1. The first-order valence-corrected chi connectivity index (χ1v) is 11.2.